The summed E-state index contributed by atoms with van der Waals surface area (Å²) >= 11 is 0. The molecule has 0 spiro atoms. The highest BCUT2D eigenvalue weighted by molar-refractivity contribution is 5.20. The van der Waals surface area contributed by atoms with E-state index in [1.54, 1.807) is 12.3 Å². The van der Waals surface area contributed by atoms with Crippen molar-refractivity contribution in [2.24, 2.45) is 5.73 Å². The van der Waals surface area contributed by atoms with Gasteiger partial charge in [0.15, 0.2) is 0 Å². The topological polar surface area (TPSA) is 42.2 Å². The number of hydrogen-bond donors (Lipinski definition) is 1. The van der Waals surface area contributed by atoms with Gasteiger partial charge in [-0.1, -0.05) is 25.1 Å². The highest BCUT2D eigenvalue weighted by atomic mass is 19.1. The monoisotopic (exact) mass is 273 g/mol. The third kappa shape index (κ3) is 4.11. The first-order chi connectivity index (χ1) is 9.69. The van der Waals surface area contributed by atoms with Crippen molar-refractivity contribution >= 4 is 0 Å². The van der Waals surface area contributed by atoms with Crippen LogP contribution in [0, 0.1) is 5.82 Å². The molecule has 0 saturated heterocycles. The summed E-state index contributed by atoms with van der Waals surface area (Å²) in [5.74, 6) is -0.245. The van der Waals surface area contributed by atoms with Crippen molar-refractivity contribution in [1.82, 2.24) is 9.88 Å². The molecule has 0 amide bonds. The zero-order chi connectivity index (χ0) is 14.4. The van der Waals surface area contributed by atoms with Crippen molar-refractivity contribution < 1.29 is 4.39 Å². The van der Waals surface area contributed by atoms with Gasteiger partial charge in [-0.3, -0.25) is 9.88 Å². The Labute approximate surface area is 119 Å². The van der Waals surface area contributed by atoms with Gasteiger partial charge in [0, 0.05) is 25.3 Å². The van der Waals surface area contributed by atoms with Gasteiger partial charge in [0.25, 0.3) is 0 Å². The molecule has 106 valence electrons. The fraction of sp³-hybridized carbons (Fsp3) is 0.312. The Balaban J connectivity index is 1.99. The van der Waals surface area contributed by atoms with E-state index in [9.17, 15) is 4.39 Å². The van der Waals surface area contributed by atoms with Gasteiger partial charge in [-0.15, -0.1) is 0 Å². The van der Waals surface area contributed by atoms with E-state index in [-0.39, 0.29) is 11.9 Å². The summed E-state index contributed by atoms with van der Waals surface area (Å²) in [6.45, 7) is 4.39. The molecule has 0 aliphatic rings. The minimum absolute atomic E-state index is 0.200. The molecule has 4 heteroatoms. The minimum atomic E-state index is -0.245. The van der Waals surface area contributed by atoms with Crippen molar-refractivity contribution in [3.63, 3.8) is 0 Å². The van der Waals surface area contributed by atoms with E-state index in [1.165, 1.54) is 12.1 Å². The molecule has 1 aromatic heterocycles. The van der Waals surface area contributed by atoms with Gasteiger partial charge < -0.3 is 5.73 Å². The fourth-order valence-electron chi connectivity index (χ4n) is 2.15. The summed E-state index contributed by atoms with van der Waals surface area (Å²) in [6, 6.07) is 12.2. The number of benzene rings is 1. The minimum Gasteiger partial charge on any atom is -0.323 e. The maximum absolute atomic E-state index is 13.2. The zero-order valence-corrected chi connectivity index (χ0v) is 11.7. The predicted octanol–water partition coefficient (Wildman–Crippen LogP) is 2.74. The lowest BCUT2D eigenvalue weighted by Gasteiger charge is -2.24. The standard InChI is InChI=1S/C16H20FN3/c1-2-20(11-15-8-3-4-9-19-15)12-16(18)13-6-5-7-14(17)10-13/h3-10,16H,2,11-12,18H2,1H3. The summed E-state index contributed by atoms with van der Waals surface area (Å²) in [6.07, 6.45) is 1.79. The number of pyridine rings is 1. The number of hydrogen-bond acceptors (Lipinski definition) is 3. The van der Waals surface area contributed by atoms with Crippen LogP contribution >= 0.6 is 0 Å². The van der Waals surface area contributed by atoms with Gasteiger partial charge in [0.05, 0.1) is 5.69 Å². The van der Waals surface area contributed by atoms with E-state index in [4.69, 9.17) is 5.73 Å². The van der Waals surface area contributed by atoms with Gasteiger partial charge >= 0.3 is 0 Å². The molecule has 1 aromatic carbocycles. The summed E-state index contributed by atoms with van der Waals surface area (Å²) in [4.78, 5) is 6.52. The number of nitrogens with two attached hydrogens (primary N) is 1. The quantitative estimate of drug-likeness (QED) is 0.880. The Morgan fingerprint density at radius 1 is 1.25 bits per heavy atom. The molecule has 0 aliphatic carbocycles. The van der Waals surface area contributed by atoms with Gasteiger partial charge in [-0.25, -0.2) is 4.39 Å². The molecule has 20 heavy (non-hydrogen) atoms. The highest BCUT2D eigenvalue weighted by Crippen LogP contribution is 2.14. The maximum Gasteiger partial charge on any atom is 0.123 e. The normalized spacial score (nSPS) is 12.6. The molecule has 1 atom stereocenters. The average Bonchev–Trinajstić information content (AvgIpc) is 2.47. The van der Waals surface area contributed by atoms with Gasteiger partial charge in [0.2, 0.25) is 0 Å². The van der Waals surface area contributed by atoms with Gasteiger partial charge in [-0.2, -0.15) is 0 Å². The van der Waals surface area contributed by atoms with Gasteiger partial charge in [0.1, 0.15) is 5.82 Å². The zero-order valence-electron chi connectivity index (χ0n) is 11.7. The van der Waals surface area contributed by atoms with E-state index in [0.717, 1.165) is 24.3 Å². The molecule has 0 bridgehead atoms. The lowest BCUT2D eigenvalue weighted by molar-refractivity contribution is 0.259. The van der Waals surface area contributed by atoms with Crippen LogP contribution in [0.2, 0.25) is 0 Å². The Bertz CT molecular complexity index is 530. The Hall–Kier alpha value is -1.78. The van der Waals surface area contributed by atoms with Gasteiger partial charge in [-0.05, 0) is 36.4 Å². The Morgan fingerprint density at radius 2 is 2.10 bits per heavy atom. The first-order valence-electron chi connectivity index (χ1n) is 6.82. The van der Waals surface area contributed by atoms with Crippen LogP contribution in [0.5, 0.6) is 0 Å². The van der Waals surface area contributed by atoms with Crippen molar-refractivity contribution in [2.75, 3.05) is 13.1 Å². The maximum atomic E-state index is 13.2. The molecule has 1 heterocycles. The van der Waals surface area contributed by atoms with Crippen molar-refractivity contribution in [3.8, 4) is 0 Å². The van der Waals surface area contributed by atoms with E-state index >= 15 is 0 Å². The van der Waals surface area contributed by atoms with Crippen LogP contribution in [-0.2, 0) is 6.54 Å². The van der Waals surface area contributed by atoms with Crippen molar-refractivity contribution in [1.29, 1.82) is 0 Å². The van der Waals surface area contributed by atoms with Crippen LogP contribution in [0.15, 0.2) is 48.7 Å². The molecule has 0 radical (unpaired) electrons. The smallest absolute Gasteiger partial charge is 0.123 e. The van der Waals surface area contributed by atoms with E-state index in [1.807, 2.05) is 24.3 Å². The predicted molar refractivity (Wildman–Crippen MR) is 78.5 cm³/mol. The highest BCUT2D eigenvalue weighted by Gasteiger charge is 2.12. The average molecular weight is 273 g/mol. The van der Waals surface area contributed by atoms with Crippen molar-refractivity contribution in [2.45, 2.75) is 19.5 Å². The van der Waals surface area contributed by atoms with Crippen molar-refractivity contribution in [3.05, 3.63) is 65.7 Å². The van der Waals surface area contributed by atoms with Crippen LogP contribution in [0.1, 0.15) is 24.2 Å². The van der Waals surface area contributed by atoms with E-state index in [0.29, 0.717) is 6.54 Å². The number of halogens is 1. The molecular weight excluding hydrogens is 253 g/mol. The number of rotatable bonds is 6. The third-order valence-electron chi connectivity index (χ3n) is 3.29. The molecule has 2 aromatic rings. The molecule has 2 rings (SSSR count). The second-order valence-corrected chi connectivity index (χ2v) is 4.81. The Morgan fingerprint density at radius 3 is 2.75 bits per heavy atom. The van der Waals surface area contributed by atoms with Crippen LogP contribution in [0.3, 0.4) is 0 Å². The summed E-state index contributed by atoms with van der Waals surface area (Å²) in [7, 11) is 0. The first kappa shape index (κ1) is 14.6. The number of nitrogens with zero attached hydrogens (tertiary/aromatic N) is 2. The largest absolute Gasteiger partial charge is 0.323 e. The second-order valence-electron chi connectivity index (χ2n) is 4.81. The SMILES string of the molecule is CCN(Cc1ccccn1)CC(N)c1cccc(F)c1. The third-order valence-corrected chi connectivity index (χ3v) is 3.29. The summed E-state index contributed by atoms with van der Waals surface area (Å²) < 4.78 is 13.2. The van der Waals surface area contributed by atoms with Crippen LogP contribution in [0.25, 0.3) is 0 Å². The van der Waals surface area contributed by atoms with E-state index < -0.39 is 0 Å². The first-order valence-corrected chi connectivity index (χ1v) is 6.82. The number of likely N-dealkylation sites (N-methyl/N-ethyl adjacent to an activating group) is 1. The van der Waals surface area contributed by atoms with E-state index in [2.05, 4.69) is 16.8 Å². The Kier molecular flexibility index (Phi) is 5.21. The molecule has 2 N–H and O–H groups in total. The fourth-order valence-corrected chi connectivity index (χ4v) is 2.15. The summed E-state index contributed by atoms with van der Waals surface area (Å²) in [5.41, 5.74) is 8.00. The second kappa shape index (κ2) is 7.12. The van der Waals surface area contributed by atoms with Crippen LogP contribution < -0.4 is 5.73 Å². The molecule has 1 unspecified atom stereocenters. The van der Waals surface area contributed by atoms with Crippen LogP contribution in [-0.4, -0.2) is 23.0 Å². The summed E-state index contributed by atoms with van der Waals surface area (Å²) in [5, 5.41) is 0. The molecular formula is C16H20FN3. The number of aromatic nitrogens is 1. The molecule has 0 saturated carbocycles. The molecule has 0 fully saturated rings. The lowest BCUT2D eigenvalue weighted by atomic mass is 10.1. The lowest BCUT2D eigenvalue weighted by Crippen LogP contribution is -2.32. The molecule has 3 nitrogen and oxygen atoms in total. The molecule has 0 aliphatic heterocycles. The van der Waals surface area contributed by atoms with Crippen LogP contribution in [0.4, 0.5) is 4.39 Å².